The van der Waals surface area contributed by atoms with Crippen molar-refractivity contribution in [3.8, 4) is 0 Å². The predicted octanol–water partition coefficient (Wildman–Crippen LogP) is 1.80. The number of aromatic nitrogens is 2. The van der Waals surface area contributed by atoms with Crippen LogP contribution in [0.15, 0.2) is 42.7 Å². The number of carbonyl (C=O) groups is 1. The molecule has 26 heavy (non-hydrogen) atoms. The predicted molar refractivity (Wildman–Crippen MR) is 98.7 cm³/mol. The van der Waals surface area contributed by atoms with Gasteiger partial charge in [-0.05, 0) is 30.5 Å². The molecule has 0 unspecified atom stereocenters. The van der Waals surface area contributed by atoms with Crippen LogP contribution in [-0.4, -0.2) is 57.6 Å². The fourth-order valence-electron chi connectivity index (χ4n) is 3.45. The van der Waals surface area contributed by atoms with Gasteiger partial charge in [0.05, 0.1) is 19.8 Å². The van der Waals surface area contributed by atoms with Crippen LogP contribution in [0, 0.1) is 6.92 Å². The molecule has 1 aromatic heterocycles. The van der Waals surface area contributed by atoms with E-state index < -0.39 is 5.60 Å². The number of ether oxygens (including phenoxy) is 1. The molecule has 1 atom stereocenters. The number of hydrogen-bond acceptors (Lipinski definition) is 4. The van der Waals surface area contributed by atoms with Crippen LogP contribution in [0.1, 0.15) is 24.0 Å². The maximum absolute atomic E-state index is 12.6. The Bertz CT molecular complexity index is 717. The highest BCUT2D eigenvalue weighted by molar-refractivity contribution is 5.76. The van der Waals surface area contributed by atoms with Gasteiger partial charge in [0.1, 0.15) is 5.60 Å². The van der Waals surface area contributed by atoms with E-state index in [-0.39, 0.29) is 12.5 Å². The Labute approximate surface area is 154 Å². The highest BCUT2D eigenvalue weighted by Gasteiger charge is 2.38. The van der Waals surface area contributed by atoms with E-state index in [2.05, 4.69) is 24.2 Å². The molecule has 140 valence electrons. The average molecular weight is 357 g/mol. The van der Waals surface area contributed by atoms with Crippen molar-refractivity contribution in [2.45, 2.75) is 38.3 Å². The second-order valence-electron chi connectivity index (χ2n) is 6.98. The lowest BCUT2D eigenvalue weighted by Gasteiger charge is -2.42. The monoisotopic (exact) mass is 357 g/mol. The lowest BCUT2D eigenvalue weighted by Crippen LogP contribution is -2.56. The van der Waals surface area contributed by atoms with E-state index in [9.17, 15) is 9.90 Å². The third kappa shape index (κ3) is 4.51. The van der Waals surface area contributed by atoms with Crippen molar-refractivity contribution < 1.29 is 14.6 Å². The standard InChI is InChI=1S/C20H27N3O3/c1-17-6-2-3-7-18(17)14-20(16-24)15-22(12-13-26-20)19(25)8-4-10-23-11-5-9-21-23/h2-3,5-7,9,11,24H,4,8,10,12-16H2,1H3/t20-/m0/s1. The largest absolute Gasteiger partial charge is 0.393 e. The molecule has 0 aliphatic carbocycles. The highest BCUT2D eigenvalue weighted by atomic mass is 16.5. The number of aliphatic hydroxyl groups excluding tert-OH is 1. The molecule has 3 rings (SSSR count). The van der Waals surface area contributed by atoms with Gasteiger partial charge in [0.15, 0.2) is 0 Å². The minimum absolute atomic E-state index is 0.0988. The average Bonchev–Trinajstić information content (AvgIpc) is 3.17. The number of carbonyl (C=O) groups excluding carboxylic acids is 1. The third-order valence-corrected chi connectivity index (χ3v) is 5.00. The molecule has 6 nitrogen and oxygen atoms in total. The van der Waals surface area contributed by atoms with Crippen LogP contribution >= 0.6 is 0 Å². The van der Waals surface area contributed by atoms with E-state index in [0.29, 0.717) is 32.5 Å². The maximum atomic E-state index is 12.6. The first-order valence-electron chi connectivity index (χ1n) is 9.16. The number of aryl methyl sites for hydroxylation is 2. The van der Waals surface area contributed by atoms with Crippen LogP contribution in [0.5, 0.6) is 0 Å². The molecule has 0 spiro atoms. The molecule has 1 fully saturated rings. The summed E-state index contributed by atoms with van der Waals surface area (Å²) in [6, 6.07) is 9.99. The van der Waals surface area contributed by atoms with E-state index in [4.69, 9.17) is 4.74 Å². The van der Waals surface area contributed by atoms with Gasteiger partial charge < -0.3 is 14.7 Å². The van der Waals surface area contributed by atoms with Gasteiger partial charge in [0, 0.05) is 38.3 Å². The van der Waals surface area contributed by atoms with Crippen LogP contribution in [0.4, 0.5) is 0 Å². The van der Waals surface area contributed by atoms with E-state index in [0.717, 1.165) is 18.5 Å². The van der Waals surface area contributed by atoms with Gasteiger partial charge in [-0.3, -0.25) is 9.48 Å². The second-order valence-corrected chi connectivity index (χ2v) is 6.98. The Balaban J connectivity index is 1.59. The Morgan fingerprint density at radius 3 is 2.92 bits per heavy atom. The summed E-state index contributed by atoms with van der Waals surface area (Å²) in [5.41, 5.74) is 1.60. The molecule has 0 bridgehead atoms. The first-order chi connectivity index (χ1) is 12.6. The first-order valence-corrected chi connectivity index (χ1v) is 9.16. The van der Waals surface area contributed by atoms with Crippen LogP contribution in [-0.2, 0) is 22.5 Å². The van der Waals surface area contributed by atoms with Crippen molar-refractivity contribution >= 4 is 5.91 Å². The molecule has 6 heteroatoms. The van der Waals surface area contributed by atoms with Crippen molar-refractivity contribution in [2.75, 3.05) is 26.3 Å². The minimum Gasteiger partial charge on any atom is -0.393 e. The smallest absolute Gasteiger partial charge is 0.222 e. The number of rotatable bonds is 7. The molecule has 0 saturated carbocycles. The number of nitrogens with zero attached hydrogens (tertiary/aromatic N) is 3. The molecule has 2 aromatic rings. The Morgan fingerprint density at radius 2 is 2.19 bits per heavy atom. The third-order valence-electron chi connectivity index (χ3n) is 5.00. The molecule has 0 radical (unpaired) electrons. The van der Waals surface area contributed by atoms with Crippen LogP contribution in [0.3, 0.4) is 0 Å². The van der Waals surface area contributed by atoms with Crippen LogP contribution in [0.2, 0.25) is 0 Å². The van der Waals surface area contributed by atoms with E-state index >= 15 is 0 Å². The Hall–Kier alpha value is -2.18. The topological polar surface area (TPSA) is 67.6 Å². The normalized spacial score (nSPS) is 20.3. The summed E-state index contributed by atoms with van der Waals surface area (Å²) in [4.78, 5) is 14.4. The van der Waals surface area contributed by atoms with Crippen LogP contribution in [0.25, 0.3) is 0 Å². The van der Waals surface area contributed by atoms with E-state index in [1.54, 1.807) is 6.20 Å². The molecular formula is C20H27N3O3. The van der Waals surface area contributed by atoms with Gasteiger partial charge >= 0.3 is 0 Å². The number of amides is 1. The van der Waals surface area contributed by atoms with Crippen molar-refractivity contribution in [1.82, 2.24) is 14.7 Å². The molecule has 1 amide bonds. The highest BCUT2D eigenvalue weighted by Crippen LogP contribution is 2.25. The summed E-state index contributed by atoms with van der Waals surface area (Å²) in [7, 11) is 0. The van der Waals surface area contributed by atoms with Crippen molar-refractivity contribution in [1.29, 1.82) is 0 Å². The lowest BCUT2D eigenvalue weighted by molar-refractivity contribution is -0.158. The summed E-state index contributed by atoms with van der Waals surface area (Å²) in [5.74, 6) is 0.114. The zero-order chi connectivity index (χ0) is 18.4. The van der Waals surface area contributed by atoms with E-state index in [1.807, 2.05) is 34.0 Å². The Morgan fingerprint density at radius 1 is 1.35 bits per heavy atom. The summed E-state index contributed by atoms with van der Waals surface area (Å²) in [6.07, 6.45) is 5.48. The molecule has 1 aliphatic heterocycles. The summed E-state index contributed by atoms with van der Waals surface area (Å²) in [6.45, 7) is 4.16. The quantitative estimate of drug-likeness (QED) is 0.821. The molecule has 1 N–H and O–H groups in total. The second kappa shape index (κ2) is 8.47. The van der Waals surface area contributed by atoms with Gasteiger partial charge in [-0.15, -0.1) is 0 Å². The first kappa shape index (κ1) is 18.6. The number of benzene rings is 1. The van der Waals surface area contributed by atoms with Gasteiger partial charge in [-0.25, -0.2) is 0 Å². The van der Waals surface area contributed by atoms with Crippen molar-refractivity contribution in [2.24, 2.45) is 0 Å². The molecule has 1 saturated heterocycles. The summed E-state index contributed by atoms with van der Waals surface area (Å²) >= 11 is 0. The fraction of sp³-hybridized carbons (Fsp3) is 0.500. The van der Waals surface area contributed by atoms with Crippen molar-refractivity contribution in [3.05, 3.63) is 53.9 Å². The van der Waals surface area contributed by atoms with Crippen LogP contribution < -0.4 is 0 Å². The molecule has 1 aromatic carbocycles. The zero-order valence-corrected chi connectivity index (χ0v) is 15.3. The SMILES string of the molecule is Cc1ccccc1C[C@@]1(CO)CN(C(=O)CCCn2cccn2)CCO1. The minimum atomic E-state index is -0.720. The Kier molecular flexibility index (Phi) is 6.06. The zero-order valence-electron chi connectivity index (χ0n) is 15.3. The molecule has 2 heterocycles. The van der Waals surface area contributed by atoms with Crippen molar-refractivity contribution in [3.63, 3.8) is 0 Å². The molecule has 1 aliphatic rings. The van der Waals surface area contributed by atoms with Gasteiger partial charge in [-0.1, -0.05) is 24.3 Å². The number of hydrogen-bond donors (Lipinski definition) is 1. The summed E-state index contributed by atoms with van der Waals surface area (Å²) < 4.78 is 7.80. The number of aliphatic hydroxyl groups is 1. The van der Waals surface area contributed by atoms with Gasteiger partial charge in [0.2, 0.25) is 5.91 Å². The fourth-order valence-corrected chi connectivity index (χ4v) is 3.45. The summed E-state index contributed by atoms with van der Waals surface area (Å²) in [5, 5.41) is 14.2. The van der Waals surface area contributed by atoms with E-state index in [1.165, 1.54) is 5.56 Å². The molecular weight excluding hydrogens is 330 g/mol. The number of morpholine rings is 1. The van der Waals surface area contributed by atoms with Gasteiger partial charge in [0.25, 0.3) is 0 Å². The van der Waals surface area contributed by atoms with Gasteiger partial charge in [-0.2, -0.15) is 5.10 Å². The lowest BCUT2D eigenvalue weighted by atomic mass is 9.91. The maximum Gasteiger partial charge on any atom is 0.222 e.